The van der Waals surface area contributed by atoms with Gasteiger partial charge in [0.2, 0.25) is 5.91 Å². The Kier molecular flexibility index (Phi) is 4.69. The van der Waals surface area contributed by atoms with E-state index in [-0.39, 0.29) is 17.9 Å². The molecule has 1 fully saturated rings. The van der Waals surface area contributed by atoms with Gasteiger partial charge in [0.15, 0.2) is 0 Å². The normalized spacial score (nSPS) is 20.4. The third-order valence-electron chi connectivity index (χ3n) is 3.98. The lowest BCUT2D eigenvalue weighted by Crippen LogP contribution is -2.37. The maximum absolute atomic E-state index is 12.7. The van der Waals surface area contributed by atoms with Gasteiger partial charge in [0.1, 0.15) is 0 Å². The summed E-state index contributed by atoms with van der Waals surface area (Å²) in [6, 6.07) is 5.52. The molecule has 0 radical (unpaired) electrons. The van der Waals surface area contributed by atoms with Gasteiger partial charge in [-0.3, -0.25) is 9.59 Å². The zero-order valence-electron chi connectivity index (χ0n) is 12.6. The van der Waals surface area contributed by atoms with Gasteiger partial charge in [-0.05, 0) is 38.0 Å². The number of hydrogen-bond acceptors (Lipinski definition) is 4. The van der Waals surface area contributed by atoms with Crippen LogP contribution in [0.15, 0.2) is 23.1 Å². The molecule has 0 aromatic heterocycles. The molecular weight excluding hydrogens is 300 g/mol. The SMILES string of the molecule is CCN(CC1CCCO1)C(=O)c1ccc2c(c1)NC(=O)CS2. The van der Waals surface area contributed by atoms with Gasteiger partial charge < -0.3 is 15.0 Å². The van der Waals surface area contributed by atoms with Crippen molar-refractivity contribution in [2.75, 3.05) is 30.8 Å². The number of nitrogens with zero attached hydrogens (tertiary/aromatic N) is 1. The molecule has 1 unspecified atom stereocenters. The zero-order chi connectivity index (χ0) is 15.5. The summed E-state index contributed by atoms with van der Waals surface area (Å²) in [5.74, 6) is 0.403. The molecule has 0 saturated carbocycles. The Morgan fingerprint density at radius 1 is 1.50 bits per heavy atom. The zero-order valence-corrected chi connectivity index (χ0v) is 13.4. The highest BCUT2D eigenvalue weighted by molar-refractivity contribution is 8.00. The van der Waals surface area contributed by atoms with E-state index >= 15 is 0 Å². The van der Waals surface area contributed by atoms with Crippen LogP contribution in [0, 0.1) is 0 Å². The highest BCUT2D eigenvalue weighted by atomic mass is 32.2. The Bertz CT molecular complexity index is 585. The third-order valence-corrected chi connectivity index (χ3v) is 5.05. The number of ether oxygens (including phenoxy) is 1. The first-order chi connectivity index (χ1) is 10.7. The largest absolute Gasteiger partial charge is 0.376 e. The van der Waals surface area contributed by atoms with Gasteiger partial charge in [0, 0.05) is 30.2 Å². The molecule has 2 aliphatic heterocycles. The van der Waals surface area contributed by atoms with Crippen LogP contribution in [0.2, 0.25) is 0 Å². The Morgan fingerprint density at radius 3 is 3.09 bits per heavy atom. The maximum atomic E-state index is 12.7. The summed E-state index contributed by atoms with van der Waals surface area (Å²) in [6.45, 7) is 4.05. The Balaban J connectivity index is 1.75. The van der Waals surface area contributed by atoms with Crippen molar-refractivity contribution in [1.82, 2.24) is 4.90 Å². The van der Waals surface area contributed by atoms with Crippen LogP contribution in [0.25, 0.3) is 0 Å². The summed E-state index contributed by atoms with van der Waals surface area (Å²) in [6.07, 6.45) is 2.23. The molecule has 2 heterocycles. The molecule has 5 nitrogen and oxygen atoms in total. The highest BCUT2D eigenvalue weighted by Crippen LogP contribution is 2.32. The summed E-state index contributed by atoms with van der Waals surface area (Å²) in [4.78, 5) is 27.0. The maximum Gasteiger partial charge on any atom is 0.254 e. The van der Waals surface area contributed by atoms with Crippen molar-refractivity contribution in [2.24, 2.45) is 0 Å². The summed E-state index contributed by atoms with van der Waals surface area (Å²) in [5.41, 5.74) is 1.35. The van der Waals surface area contributed by atoms with E-state index in [2.05, 4.69) is 5.32 Å². The molecule has 0 aliphatic carbocycles. The second kappa shape index (κ2) is 6.71. The van der Waals surface area contributed by atoms with Crippen LogP contribution in [0.3, 0.4) is 0 Å². The van der Waals surface area contributed by atoms with Gasteiger partial charge in [0.25, 0.3) is 5.91 Å². The smallest absolute Gasteiger partial charge is 0.254 e. The van der Waals surface area contributed by atoms with E-state index in [4.69, 9.17) is 4.74 Å². The number of hydrogen-bond donors (Lipinski definition) is 1. The van der Waals surface area contributed by atoms with Gasteiger partial charge in [-0.15, -0.1) is 11.8 Å². The molecule has 1 aromatic rings. The Morgan fingerprint density at radius 2 is 2.36 bits per heavy atom. The van der Waals surface area contributed by atoms with E-state index in [0.717, 1.165) is 30.0 Å². The van der Waals surface area contributed by atoms with Gasteiger partial charge in [0.05, 0.1) is 17.5 Å². The quantitative estimate of drug-likeness (QED) is 0.925. The molecule has 1 saturated heterocycles. The standard InChI is InChI=1S/C16H20N2O3S/c1-2-18(9-12-4-3-7-21-12)16(20)11-5-6-14-13(8-11)17-15(19)10-22-14/h5-6,8,12H,2-4,7,9-10H2,1H3,(H,17,19). The van der Waals surface area contributed by atoms with E-state index in [1.54, 1.807) is 6.07 Å². The van der Waals surface area contributed by atoms with Gasteiger partial charge in [-0.2, -0.15) is 0 Å². The fourth-order valence-corrected chi connectivity index (χ4v) is 3.58. The average molecular weight is 320 g/mol. The number of rotatable bonds is 4. The molecule has 1 aromatic carbocycles. The molecule has 2 aliphatic rings. The van der Waals surface area contributed by atoms with Crippen LogP contribution in [0.5, 0.6) is 0 Å². The number of carbonyl (C=O) groups excluding carboxylic acids is 2. The number of thioether (sulfide) groups is 1. The number of benzene rings is 1. The lowest BCUT2D eigenvalue weighted by atomic mass is 10.1. The average Bonchev–Trinajstić information content (AvgIpc) is 3.04. The minimum absolute atomic E-state index is 0.00868. The molecule has 3 rings (SSSR count). The van der Waals surface area contributed by atoms with Crippen LogP contribution >= 0.6 is 11.8 Å². The summed E-state index contributed by atoms with van der Waals surface area (Å²) >= 11 is 1.50. The molecule has 1 atom stereocenters. The minimum atomic E-state index is -0.0196. The van der Waals surface area contributed by atoms with Crippen molar-refractivity contribution >= 4 is 29.3 Å². The van der Waals surface area contributed by atoms with Crippen molar-refractivity contribution in [1.29, 1.82) is 0 Å². The third kappa shape index (κ3) is 3.28. The van der Waals surface area contributed by atoms with Crippen molar-refractivity contribution in [3.05, 3.63) is 23.8 Å². The monoisotopic (exact) mass is 320 g/mol. The molecule has 0 spiro atoms. The second-order valence-corrected chi connectivity index (χ2v) is 6.54. The molecule has 2 amide bonds. The molecule has 1 N–H and O–H groups in total. The Hall–Kier alpha value is -1.53. The fourth-order valence-electron chi connectivity index (χ4n) is 2.79. The topological polar surface area (TPSA) is 58.6 Å². The van der Waals surface area contributed by atoms with Crippen LogP contribution < -0.4 is 5.32 Å². The van der Waals surface area contributed by atoms with E-state index in [1.807, 2.05) is 24.0 Å². The van der Waals surface area contributed by atoms with Crippen LogP contribution in [0.1, 0.15) is 30.1 Å². The number of fused-ring (bicyclic) bond motifs is 1. The van der Waals surface area contributed by atoms with Crippen molar-refractivity contribution in [2.45, 2.75) is 30.8 Å². The predicted molar refractivity (Wildman–Crippen MR) is 86.3 cm³/mol. The van der Waals surface area contributed by atoms with E-state index < -0.39 is 0 Å². The molecular formula is C16H20N2O3S. The molecule has 118 valence electrons. The van der Waals surface area contributed by atoms with Crippen LogP contribution in [0.4, 0.5) is 5.69 Å². The minimum Gasteiger partial charge on any atom is -0.376 e. The summed E-state index contributed by atoms with van der Waals surface area (Å²) < 4.78 is 5.62. The van der Waals surface area contributed by atoms with Gasteiger partial charge >= 0.3 is 0 Å². The van der Waals surface area contributed by atoms with Crippen molar-refractivity contribution < 1.29 is 14.3 Å². The first kappa shape index (κ1) is 15.4. The first-order valence-electron chi connectivity index (χ1n) is 7.65. The van der Waals surface area contributed by atoms with Crippen LogP contribution in [-0.2, 0) is 9.53 Å². The second-order valence-electron chi connectivity index (χ2n) is 5.53. The number of nitrogens with one attached hydrogen (secondary N) is 1. The van der Waals surface area contributed by atoms with Crippen LogP contribution in [-0.4, -0.2) is 48.3 Å². The lowest BCUT2D eigenvalue weighted by molar-refractivity contribution is -0.113. The van der Waals surface area contributed by atoms with Crippen molar-refractivity contribution in [3.63, 3.8) is 0 Å². The molecule has 6 heteroatoms. The van der Waals surface area contributed by atoms with Gasteiger partial charge in [-0.25, -0.2) is 0 Å². The van der Waals surface area contributed by atoms with Gasteiger partial charge in [-0.1, -0.05) is 0 Å². The lowest BCUT2D eigenvalue weighted by Gasteiger charge is -2.25. The molecule has 0 bridgehead atoms. The fraction of sp³-hybridized carbons (Fsp3) is 0.500. The number of likely N-dealkylation sites (N-methyl/N-ethyl adjacent to an activating group) is 1. The van der Waals surface area contributed by atoms with Crippen molar-refractivity contribution in [3.8, 4) is 0 Å². The highest BCUT2D eigenvalue weighted by Gasteiger charge is 2.24. The van der Waals surface area contributed by atoms with E-state index in [1.165, 1.54) is 11.8 Å². The Labute approximate surface area is 134 Å². The van der Waals surface area contributed by atoms with E-state index in [0.29, 0.717) is 24.4 Å². The number of anilines is 1. The summed E-state index contributed by atoms with van der Waals surface area (Å²) in [5, 5.41) is 2.83. The first-order valence-corrected chi connectivity index (χ1v) is 8.63. The number of carbonyl (C=O) groups is 2. The molecule has 22 heavy (non-hydrogen) atoms. The number of amides is 2. The summed E-state index contributed by atoms with van der Waals surface area (Å²) in [7, 11) is 0. The predicted octanol–water partition coefficient (Wildman–Crippen LogP) is 2.37. The van der Waals surface area contributed by atoms with E-state index in [9.17, 15) is 9.59 Å².